The van der Waals surface area contributed by atoms with Gasteiger partial charge >= 0.3 is 0 Å². The molecule has 1 fully saturated rings. The van der Waals surface area contributed by atoms with Gasteiger partial charge in [0.05, 0.1) is 16.9 Å². The number of aromatic hydroxyl groups is 1. The van der Waals surface area contributed by atoms with E-state index in [9.17, 15) is 18.3 Å². The number of hydrogen-bond acceptors (Lipinski definition) is 7. The van der Waals surface area contributed by atoms with Crippen LogP contribution in [0, 0.1) is 0 Å². The molecule has 10 heteroatoms. The molecule has 7 nitrogen and oxygen atoms in total. The van der Waals surface area contributed by atoms with Crippen LogP contribution in [0.5, 0.6) is 11.5 Å². The summed E-state index contributed by atoms with van der Waals surface area (Å²) in [5, 5.41) is 10.5. The highest BCUT2D eigenvalue weighted by molar-refractivity contribution is 8.26. The van der Waals surface area contributed by atoms with Gasteiger partial charge in [0, 0.05) is 0 Å². The van der Waals surface area contributed by atoms with Crippen LogP contribution in [0.4, 0.5) is 0 Å². The fourth-order valence-electron chi connectivity index (χ4n) is 2.25. The molecule has 2 aromatic carbocycles. The standard InChI is InChI=1S/C17H14N2O5S3/c1-24-14-9-11(7-8-13(14)20)10-15-16(21)19(17(25)26-15)18-27(22,23)12-5-3-2-4-6-12/h2-10,18,20H,1H3/b15-10+. The molecule has 0 spiro atoms. The van der Waals surface area contributed by atoms with Gasteiger partial charge in [-0.3, -0.25) is 4.79 Å². The summed E-state index contributed by atoms with van der Waals surface area (Å²) in [6.45, 7) is 0. The van der Waals surface area contributed by atoms with Gasteiger partial charge in [0.1, 0.15) is 0 Å². The van der Waals surface area contributed by atoms with Gasteiger partial charge in [-0.05, 0) is 35.9 Å². The maximum Gasteiger partial charge on any atom is 0.281 e. The molecule has 0 saturated carbocycles. The Balaban J connectivity index is 1.85. The van der Waals surface area contributed by atoms with Gasteiger partial charge in [-0.1, -0.05) is 48.2 Å². The number of hydrogen-bond donors (Lipinski definition) is 2. The van der Waals surface area contributed by atoms with Crippen LogP contribution in [0.15, 0.2) is 58.3 Å². The number of phenols is 1. The molecule has 1 amide bonds. The molecule has 0 aliphatic carbocycles. The van der Waals surface area contributed by atoms with E-state index in [1.807, 2.05) is 0 Å². The maximum atomic E-state index is 12.6. The molecule has 0 radical (unpaired) electrons. The summed E-state index contributed by atoms with van der Waals surface area (Å²) >= 11 is 6.10. The minimum Gasteiger partial charge on any atom is -0.504 e. The zero-order valence-electron chi connectivity index (χ0n) is 13.9. The third-order valence-electron chi connectivity index (χ3n) is 3.56. The lowest BCUT2D eigenvalue weighted by Crippen LogP contribution is -2.44. The van der Waals surface area contributed by atoms with E-state index >= 15 is 0 Å². The quantitative estimate of drug-likeness (QED) is 0.565. The van der Waals surface area contributed by atoms with E-state index in [4.69, 9.17) is 17.0 Å². The zero-order chi connectivity index (χ0) is 19.6. The largest absolute Gasteiger partial charge is 0.504 e. The Bertz CT molecular complexity index is 1040. The Morgan fingerprint density at radius 3 is 2.59 bits per heavy atom. The van der Waals surface area contributed by atoms with Crippen molar-refractivity contribution >= 4 is 50.3 Å². The van der Waals surface area contributed by atoms with Crippen LogP contribution >= 0.6 is 24.0 Å². The van der Waals surface area contributed by atoms with Gasteiger partial charge in [0.2, 0.25) is 0 Å². The van der Waals surface area contributed by atoms with Crippen LogP contribution in [0.2, 0.25) is 0 Å². The van der Waals surface area contributed by atoms with Crippen LogP contribution in [0.3, 0.4) is 0 Å². The molecule has 0 unspecified atom stereocenters. The maximum absolute atomic E-state index is 12.6. The summed E-state index contributed by atoms with van der Waals surface area (Å²) in [5.41, 5.74) is 0.594. The summed E-state index contributed by atoms with van der Waals surface area (Å²) in [6, 6.07) is 12.3. The highest BCUT2D eigenvalue weighted by Crippen LogP contribution is 2.34. The van der Waals surface area contributed by atoms with Crippen molar-refractivity contribution in [1.82, 2.24) is 9.84 Å². The summed E-state index contributed by atoms with van der Waals surface area (Å²) in [5.74, 6) is -0.363. The van der Waals surface area contributed by atoms with Crippen molar-refractivity contribution in [1.29, 1.82) is 0 Å². The van der Waals surface area contributed by atoms with Gasteiger partial charge in [-0.2, -0.15) is 0 Å². The molecule has 1 aliphatic rings. The Kier molecular flexibility index (Phi) is 5.51. The number of hydrazine groups is 1. The zero-order valence-corrected chi connectivity index (χ0v) is 16.4. The number of amides is 1. The number of phenolic OH excluding ortho intramolecular Hbond substituents is 1. The molecule has 0 bridgehead atoms. The van der Waals surface area contributed by atoms with E-state index in [-0.39, 0.29) is 25.6 Å². The van der Waals surface area contributed by atoms with Gasteiger partial charge in [0.15, 0.2) is 15.8 Å². The monoisotopic (exact) mass is 422 g/mol. The van der Waals surface area contributed by atoms with Gasteiger partial charge in [-0.15, -0.1) is 4.83 Å². The highest BCUT2D eigenvalue weighted by atomic mass is 32.2. The number of carbonyl (C=O) groups excluding carboxylic acids is 1. The second-order valence-electron chi connectivity index (χ2n) is 5.36. The van der Waals surface area contributed by atoms with Crippen molar-refractivity contribution in [2.45, 2.75) is 4.90 Å². The van der Waals surface area contributed by atoms with E-state index in [2.05, 4.69) is 4.83 Å². The van der Waals surface area contributed by atoms with Crippen LogP contribution in [-0.4, -0.2) is 35.9 Å². The molecule has 0 aromatic heterocycles. The van der Waals surface area contributed by atoms with Crippen molar-refractivity contribution in [3.05, 3.63) is 59.0 Å². The first-order chi connectivity index (χ1) is 12.8. The molecule has 27 heavy (non-hydrogen) atoms. The van der Waals surface area contributed by atoms with Crippen molar-refractivity contribution in [2.24, 2.45) is 0 Å². The summed E-state index contributed by atoms with van der Waals surface area (Å²) in [7, 11) is -2.53. The Labute approximate surface area is 165 Å². The molecule has 1 heterocycles. The summed E-state index contributed by atoms with van der Waals surface area (Å²) in [6.07, 6.45) is 1.54. The van der Waals surface area contributed by atoms with Crippen LogP contribution in [0.25, 0.3) is 6.08 Å². The lowest BCUT2D eigenvalue weighted by Gasteiger charge is -2.15. The first kappa shape index (κ1) is 19.4. The summed E-state index contributed by atoms with van der Waals surface area (Å²) < 4.78 is 30.0. The normalized spacial score (nSPS) is 16.2. The Morgan fingerprint density at radius 1 is 1.22 bits per heavy atom. The fourth-order valence-corrected chi connectivity index (χ4v) is 4.58. The summed E-state index contributed by atoms with van der Waals surface area (Å²) in [4.78, 5) is 15.1. The van der Waals surface area contributed by atoms with Gasteiger partial charge < -0.3 is 9.84 Å². The third kappa shape index (κ3) is 4.14. The second kappa shape index (κ2) is 7.69. The molecule has 1 aliphatic heterocycles. The van der Waals surface area contributed by atoms with E-state index in [1.54, 1.807) is 30.3 Å². The van der Waals surface area contributed by atoms with E-state index in [0.29, 0.717) is 5.56 Å². The topological polar surface area (TPSA) is 95.9 Å². The van der Waals surface area contributed by atoms with Crippen LogP contribution in [-0.2, 0) is 14.8 Å². The first-order valence-corrected chi connectivity index (χ1v) is 10.2. The average molecular weight is 423 g/mol. The molecule has 140 valence electrons. The number of thiocarbonyl (C=S) groups is 1. The second-order valence-corrected chi connectivity index (χ2v) is 8.69. The van der Waals surface area contributed by atoms with E-state index in [1.165, 1.54) is 31.4 Å². The number of sulfonamides is 1. The molecule has 2 N–H and O–H groups in total. The number of nitrogens with zero attached hydrogens (tertiary/aromatic N) is 1. The minimum atomic E-state index is -3.95. The molecular weight excluding hydrogens is 408 g/mol. The Hall–Kier alpha value is -2.40. The fraction of sp³-hybridized carbons (Fsp3) is 0.0588. The molecule has 0 atom stereocenters. The Morgan fingerprint density at radius 2 is 1.93 bits per heavy atom. The number of ether oxygens (including phenoxy) is 1. The van der Waals surface area contributed by atoms with Gasteiger partial charge in [-0.25, -0.2) is 13.4 Å². The molecule has 3 rings (SSSR count). The number of rotatable bonds is 5. The third-order valence-corrected chi connectivity index (χ3v) is 6.18. The molecule has 1 saturated heterocycles. The molecular formula is C17H14N2O5S3. The lowest BCUT2D eigenvalue weighted by molar-refractivity contribution is -0.123. The van der Waals surface area contributed by atoms with E-state index < -0.39 is 15.9 Å². The van der Waals surface area contributed by atoms with Crippen LogP contribution < -0.4 is 9.57 Å². The number of benzene rings is 2. The van der Waals surface area contributed by atoms with E-state index in [0.717, 1.165) is 16.8 Å². The van der Waals surface area contributed by atoms with Crippen molar-refractivity contribution in [2.75, 3.05) is 7.11 Å². The predicted octanol–water partition coefficient (Wildman–Crippen LogP) is 2.50. The van der Waals surface area contributed by atoms with Crippen molar-refractivity contribution in [3.63, 3.8) is 0 Å². The van der Waals surface area contributed by atoms with Crippen molar-refractivity contribution < 1.29 is 23.1 Å². The predicted molar refractivity (Wildman–Crippen MR) is 106 cm³/mol. The SMILES string of the molecule is COc1cc(/C=C2/SC(=S)N(NS(=O)(=O)c3ccccc3)C2=O)ccc1O. The lowest BCUT2D eigenvalue weighted by atomic mass is 10.2. The smallest absolute Gasteiger partial charge is 0.281 e. The number of methoxy groups -OCH3 is 1. The van der Waals surface area contributed by atoms with Gasteiger partial charge in [0.25, 0.3) is 15.9 Å². The number of nitrogens with one attached hydrogen (secondary N) is 1. The highest BCUT2D eigenvalue weighted by Gasteiger charge is 2.35. The number of carbonyl (C=O) groups is 1. The minimum absolute atomic E-state index is 0.0197. The van der Waals surface area contributed by atoms with Crippen molar-refractivity contribution in [3.8, 4) is 11.5 Å². The number of thioether (sulfide) groups is 1. The first-order valence-electron chi connectivity index (χ1n) is 7.54. The van der Waals surface area contributed by atoms with Crippen LogP contribution in [0.1, 0.15) is 5.56 Å². The molecule has 2 aromatic rings. The average Bonchev–Trinajstić information content (AvgIpc) is 2.91.